The first-order valence-corrected chi connectivity index (χ1v) is 11.5. The average Bonchev–Trinajstić information content (AvgIpc) is 3.10. The number of benzene rings is 1. The minimum atomic E-state index is 0. The van der Waals surface area contributed by atoms with Crippen LogP contribution in [0.5, 0.6) is 0 Å². The van der Waals surface area contributed by atoms with E-state index in [0.29, 0.717) is 6.54 Å². The van der Waals surface area contributed by atoms with Crippen LogP contribution in [0.1, 0.15) is 36.3 Å². The van der Waals surface area contributed by atoms with Gasteiger partial charge in [0.2, 0.25) is 0 Å². The molecule has 2 N–H and O–H groups in total. The SMILES string of the molecule is CCNC(=NCC(c1ccc(Cl)cc1)N1CCOCC1)NCCCn1nc(C)cc1C.I. The van der Waals surface area contributed by atoms with E-state index >= 15 is 0 Å². The van der Waals surface area contributed by atoms with Gasteiger partial charge in [0.1, 0.15) is 0 Å². The summed E-state index contributed by atoms with van der Waals surface area (Å²) in [6, 6.07) is 10.4. The molecular weight excluding hydrogens is 539 g/mol. The first-order chi connectivity index (χ1) is 15.1. The summed E-state index contributed by atoms with van der Waals surface area (Å²) in [7, 11) is 0. The molecule has 0 spiro atoms. The Morgan fingerprint density at radius 3 is 2.53 bits per heavy atom. The first kappa shape index (κ1) is 26.9. The summed E-state index contributed by atoms with van der Waals surface area (Å²) >= 11 is 6.11. The molecule has 2 heterocycles. The second-order valence-corrected chi connectivity index (χ2v) is 8.30. The first-order valence-electron chi connectivity index (χ1n) is 11.2. The summed E-state index contributed by atoms with van der Waals surface area (Å²) in [5.74, 6) is 0.850. The number of hydrogen-bond acceptors (Lipinski definition) is 4. The zero-order chi connectivity index (χ0) is 22.1. The number of rotatable bonds is 9. The Hall–Kier alpha value is -1.36. The maximum Gasteiger partial charge on any atom is 0.191 e. The maximum absolute atomic E-state index is 6.11. The van der Waals surface area contributed by atoms with Crippen LogP contribution in [-0.4, -0.2) is 66.6 Å². The Kier molecular flexibility index (Phi) is 11.8. The van der Waals surface area contributed by atoms with Gasteiger partial charge in [-0.25, -0.2) is 0 Å². The summed E-state index contributed by atoms with van der Waals surface area (Å²) in [5.41, 5.74) is 3.50. The van der Waals surface area contributed by atoms with E-state index in [9.17, 15) is 0 Å². The van der Waals surface area contributed by atoms with Gasteiger partial charge in [0.05, 0.1) is 31.5 Å². The zero-order valence-electron chi connectivity index (χ0n) is 19.3. The van der Waals surface area contributed by atoms with Gasteiger partial charge in [0.15, 0.2) is 5.96 Å². The molecule has 1 atom stereocenters. The molecule has 0 amide bonds. The van der Waals surface area contributed by atoms with E-state index in [1.165, 1.54) is 11.3 Å². The summed E-state index contributed by atoms with van der Waals surface area (Å²) in [5, 5.41) is 12.1. The Bertz CT molecular complexity index is 836. The van der Waals surface area contributed by atoms with E-state index in [0.717, 1.165) is 69.0 Å². The van der Waals surface area contributed by atoms with Crippen LogP contribution >= 0.6 is 35.6 Å². The van der Waals surface area contributed by atoms with Crippen molar-refractivity contribution < 1.29 is 4.74 Å². The number of ether oxygens (including phenoxy) is 1. The summed E-state index contributed by atoms with van der Waals surface area (Å²) in [4.78, 5) is 7.36. The minimum Gasteiger partial charge on any atom is -0.379 e. The van der Waals surface area contributed by atoms with Gasteiger partial charge in [-0.2, -0.15) is 5.10 Å². The van der Waals surface area contributed by atoms with E-state index < -0.39 is 0 Å². The Labute approximate surface area is 214 Å². The molecule has 0 radical (unpaired) electrons. The number of aromatic nitrogens is 2. The quantitative estimate of drug-likeness (QED) is 0.207. The number of aryl methyl sites for hydroxylation is 3. The lowest BCUT2D eigenvalue weighted by atomic mass is 10.0. The van der Waals surface area contributed by atoms with Crippen molar-refractivity contribution in [1.29, 1.82) is 0 Å². The van der Waals surface area contributed by atoms with Crippen molar-refractivity contribution in [1.82, 2.24) is 25.3 Å². The van der Waals surface area contributed by atoms with Crippen LogP contribution in [0.3, 0.4) is 0 Å². The normalized spacial score (nSPS) is 15.8. The van der Waals surface area contributed by atoms with E-state index in [1.54, 1.807) is 0 Å². The zero-order valence-corrected chi connectivity index (χ0v) is 22.4. The molecule has 2 aromatic rings. The smallest absolute Gasteiger partial charge is 0.191 e. The Morgan fingerprint density at radius 1 is 1.19 bits per heavy atom. The largest absolute Gasteiger partial charge is 0.379 e. The molecule has 1 aliphatic rings. The number of morpholine rings is 1. The van der Waals surface area contributed by atoms with Crippen molar-refractivity contribution in [3.05, 3.63) is 52.3 Å². The summed E-state index contributed by atoms with van der Waals surface area (Å²) < 4.78 is 7.62. The van der Waals surface area contributed by atoms with Gasteiger partial charge in [0, 0.05) is 43.4 Å². The van der Waals surface area contributed by atoms with Crippen molar-refractivity contribution in [3.63, 3.8) is 0 Å². The molecule has 0 aliphatic carbocycles. The van der Waals surface area contributed by atoms with Crippen molar-refractivity contribution in [2.24, 2.45) is 4.99 Å². The maximum atomic E-state index is 6.11. The topological polar surface area (TPSA) is 66.7 Å². The lowest BCUT2D eigenvalue weighted by Crippen LogP contribution is -2.42. The average molecular weight is 575 g/mol. The summed E-state index contributed by atoms with van der Waals surface area (Å²) in [6.45, 7) is 12.8. The number of nitrogens with one attached hydrogen (secondary N) is 2. The molecular formula is C23H36ClIN6O. The van der Waals surface area contributed by atoms with Gasteiger partial charge in [-0.3, -0.25) is 14.6 Å². The lowest BCUT2D eigenvalue weighted by Gasteiger charge is -2.34. The third-order valence-electron chi connectivity index (χ3n) is 5.45. The van der Waals surface area contributed by atoms with Gasteiger partial charge >= 0.3 is 0 Å². The highest BCUT2D eigenvalue weighted by Gasteiger charge is 2.22. The van der Waals surface area contributed by atoms with Crippen LogP contribution in [-0.2, 0) is 11.3 Å². The van der Waals surface area contributed by atoms with Crippen LogP contribution < -0.4 is 10.6 Å². The second-order valence-electron chi connectivity index (χ2n) is 7.87. The molecule has 0 saturated carbocycles. The van der Waals surface area contributed by atoms with E-state index in [1.807, 2.05) is 19.1 Å². The van der Waals surface area contributed by atoms with Gasteiger partial charge in [-0.05, 0) is 51.0 Å². The Morgan fingerprint density at radius 2 is 1.91 bits per heavy atom. The highest BCUT2D eigenvalue weighted by molar-refractivity contribution is 14.0. The molecule has 1 unspecified atom stereocenters. The summed E-state index contributed by atoms with van der Waals surface area (Å²) in [6.07, 6.45) is 0.983. The fraction of sp³-hybridized carbons (Fsp3) is 0.565. The van der Waals surface area contributed by atoms with Crippen molar-refractivity contribution in [3.8, 4) is 0 Å². The molecule has 3 rings (SSSR count). The number of hydrogen-bond donors (Lipinski definition) is 2. The highest BCUT2D eigenvalue weighted by Crippen LogP contribution is 2.24. The molecule has 0 bridgehead atoms. The molecule has 1 aliphatic heterocycles. The van der Waals surface area contributed by atoms with Crippen molar-refractivity contribution >= 4 is 41.5 Å². The standard InChI is InChI=1S/C23H35ClN6O.HI/c1-4-25-23(26-10-5-11-30-19(3)16-18(2)28-30)27-17-22(29-12-14-31-15-13-29)20-6-8-21(24)9-7-20;/h6-9,16,22H,4-5,10-15,17H2,1-3H3,(H2,25,26,27);1H. The minimum absolute atomic E-state index is 0. The van der Waals surface area contributed by atoms with Crippen LogP contribution in [0, 0.1) is 13.8 Å². The molecule has 9 heteroatoms. The van der Waals surface area contributed by atoms with Crippen molar-refractivity contribution in [2.45, 2.75) is 39.8 Å². The molecule has 1 fully saturated rings. The third kappa shape index (κ3) is 8.20. The number of halogens is 2. The van der Waals surface area contributed by atoms with Crippen LogP contribution in [0.25, 0.3) is 0 Å². The van der Waals surface area contributed by atoms with Crippen LogP contribution in [0.15, 0.2) is 35.3 Å². The van der Waals surface area contributed by atoms with E-state index in [-0.39, 0.29) is 30.0 Å². The second kappa shape index (κ2) is 14.0. The van der Waals surface area contributed by atoms with Crippen LogP contribution in [0.4, 0.5) is 0 Å². The fourth-order valence-electron chi connectivity index (χ4n) is 3.86. The number of aliphatic imine (C=N–C) groups is 1. The molecule has 1 aromatic carbocycles. The van der Waals surface area contributed by atoms with Crippen LogP contribution in [0.2, 0.25) is 5.02 Å². The van der Waals surface area contributed by atoms with E-state index in [2.05, 4.69) is 57.4 Å². The number of nitrogens with zero attached hydrogens (tertiary/aromatic N) is 4. The predicted octanol–water partition coefficient (Wildman–Crippen LogP) is 3.79. The van der Waals surface area contributed by atoms with Gasteiger partial charge in [-0.15, -0.1) is 24.0 Å². The van der Waals surface area contributed by atoms with E-state index in [4.69, 9.17) is 21.3 Å². The monoisotopic (exact) mass is 574 g/mol. The molecule has 1 saturated heterocycles. The van der Waals surface area contributed by atoms with Gasteiger partial charge in [-0.1, -0.05) is 23.7 Å². The lowest BCUT2D eigenvalue weighted by molar-refractivity contribution is 0.0179. The fourth-order valence-corrected chi connectivity index (χ4v) is 3.99. The predicted molar refractivity (Wildman–Crippen MR) is 142 cm³/mol. The molecule has 1 aromatic heterocycles. The molecule has 32 heavy (non-hydrogen) atoms. The third-order valence-corrected chi connectivity index (χ3v) is 5.70. The number of guanidine groups is 1. The van der Waals surface area contributed by atoms with Gasteiger partial charge in [0.25, 0.3) is 0 Å². The van der Waals surface area contributed by atoms with Crippen molar-refractivity contribution in [2.75, 3.05) is 45.9 Å². The molecule has 7 nitrogen and oxygen atoms in total. The highest BCUT2D eigenvalue weighted by atomic mass is 127. The van der Waals surface area contributed by atoms with Gasteiger partial charge < -0.3 is 15.4 Å². The Balaban J connectivity index is 0.00000363. The molecule has 178 valence electrons.